The zero-order valence-electron chi connectivity index (χ0n) is 16.6. The number of anilines is 1. The molecule has 0 spiro atoms. The lowest BCUT2D eigenvalue weighted by Crippen LogP contribution is -2.36. The van der Waals surface area contributed by atoms with Gasteiger partial charge in [-0.05, 0) is 37.0 Å². The molecular weight excluding hydrogens is 378 g/mol. The summed E-state index contributed by atoms with van der Waals surface area (Å²) in [5.74, 6) is 0.0810. The molecule has 2 unspecified atom stereocenters. The molecule has 1 aliphatic heterocycles. The highest BCUT2D eigenvalue weighted by Gasteiger charge is 2.35. The number of benzene rings is 1. The van der Waals surface area contributed by atoms with Crippen molar-refractivity contribution in [2.45, 2.75) is 76.1 Å². The Morgan fingerprint density at radius 2 is 1.89 bits per heavy atom. The monoisotopic (exact) mass is 409 g/mol. The van der Waals surface area contributed by atoms with Gasteiger partial charge in [-0.15, -0.1) is 12.4 Å². The summed E-state index contributed by atoms with van der Waals surface area (Å²) in [7, 11) is 2.09. The molecule has 1 heterocycles. The van der Waals surface area contributed by atoms with Crippen molar-refractivity contribution >= 4 is 40.9 Å². The van der Waals surface area contributed by atoms with Crippen molar-refractivity contribution in [3.63, 3.8) is 0 Å². The average molecular weight is 410 g/mol. The van der Waals surface area contributed by atoms with Crippen LogP contribution in [0.5, 0.6) is 0 Å². The first kappa shape index (κ1) is 22.1. The second-order valence-electron chi connectivity index (χ2n) is 7.51. The lowest BCUT2D eigenvalue weighted by atomic mass is 9.96. The maximum absolute atomic E-state index is 12.5. The number of carbonyl (C=O) groups is 1. The number of hydrogen-bond donors (Lipinski definition) is 1. The fourth-order valence-electron chi connectivity index (χ4n) is 3.80. The number of carbonyl (C=O) groups excluding carboxylic acids is 1. The minimum atomic E-state index is 0. The summed E-state index contributed by atoms with van der Waals surface area (Å²) < 4.78 is 0. The van der Waals surface area contributed by atoms with Gasteiger partial charge in [-0.25, -0.2) is 0 Å². The second kappa shape index (κ2) is 10.4. The Balaban J connectivity index is 0.00000261. The van der Waals surface area contributed by atoms with Gasteiger partial charge < -0.3 is 10.2 Å². The van der Waals surface area contributed by atoms with Crippen molar-refractivity contribution in [2.24, 2.45) is 4.99 Å². The summed E-state index contributed by atoms with van der Waals surface area (Å²) in [6.07, 6.45) is 7.89. The molecule has 0 radical (unpaired) electrons. The molecule has 1 N–H and O–H groups in total. The fraction of sp³-hybridized carbons (Fsp3) is 0.619. The molecule has 4 nitrogen and oxygen atoms in total. The summed E-state index contributed by atoms with van der Waals surface area (Å²) in [4.78, 5) is 19.8. The van der Waals surface area contributed by atoms with Crippen LogP contribution in [0.2, 0.25) is 0 Å². The average Bonchev–Trinajstić information content (AvgIpc) is 2.90. The molecule has 0 aromatic heterocycles. The SMILES string of the molecule is CCc1ccc(NC(=O)CC2C(C)SC(=NC3CCCCC3)N2C)cc1.Cl. The van der Waals surface area contributed by atoms with Crippen molar-refractivity contribution in [3.05, 3.63) is 29.8 Å². The van der Waals surface area contributed by atoms with Crippen LogP contribution in [0.4, 0.5) is 5.69 Å². The van der Waals surface area contributed by atoms with Gasteiger partial charge in [-0.1, -0.05) is 57.0 Å². The molecule has 150 valence electrons. The van der Waals surface area contributed by atoms with E-state index in [1.54, 1.807) is 0 Å². The minimum Gasteiger partial charge on any atom is -0.350 e. The number of hydrogen-bond acceptors (Lipinski definition) is 3. The molecule has 1 aromatic rings. The topological polar surface area (TPSA) is 44.7 Å². The number of thioether (sulfide) groups is 1. The highest BCUT2D eigenvalue weighted by Crippen LogP contribution is 2.34. The van der Waals surface area contributed by atoms with Crippen molar-refractivity contribution < 1.29 is 4.79 Å². The van der Waals surface area contributed by atoms with E-state index in [-0.39, 0.29) is 24.4 Å². The van der Waals surface area contributed by atoms with Crippen molar-refractivity contribution in [1.29, 1.82) is 0 Å². The van der Waals surface area contributed by atoms with E-state index in [0.29, 0.717) is 17.7 Å². The van der Waals surface area contributed by atoms with Gasteiger partial charge >= 0.3 is 0 Å². The standard InChI is InChI=1S/C21H31N3OS.ClH/c1-4-16-10-12-18(13-11-16)22-20(25)14-19-15(2)26-21(24(19)3)23-17-8-6-5-7-9-17;/h10-13,15,17,19H,4-9,14H2,1-3H3,(H,22,25);1H. The van der Waals surface area contributed by atoms with Crippen LogP contribution < -0.4 is 5.32 Å². The van der Waals surface area contributed by atoms with Crippen LogP contribution in [-0.4, -0.2) is 40.4 Å². The lowest BCUT2D eigenvalue weighted by Gasteiger charge is -2.24. The van der Waals surface area contributed by atoms with E-state index in [1.807, 2.05) is 23.9 Å². The largest absolute Gasteiger partial charge is 0.350 e. The van der Waals surface area contributed by atoms with Gasteiger partial charge in [0.25, 0.3) is 0 Å². The molecular formula is C21H32ClN3OS. The maximum atomic E-state index is 12.5. The maximum Gasteiger partial charge on any atom is 0.226 e. The van der Waals surface area contributed by atoms with Gasteiger partial charge in [-0.2, -0.15) is 0 Å². The van der Waals surface area contributed by atoms with E-state index in [4.69, 9.17) is 4.99 Å². The third kappa shape index (κ3) is 5.89. The number of nitrogens with zero attached hydrogens (tertiary/aromatic N) is 2. The fourth-order valence-corrected chi connectivity index (χ4v) is 5.08. The first-order valence-electron chi connectivity index (χ1n) is 9.93. The van der Waals surface area contributed by atoms with Crippen LogP contribution in [0, 0.1) is 0 Å². The van der Waals surface area contributed by atoms with Crippen molar-refractivity contribution in [2.75, 3.05) is 12.4 Å². The molecule has 1 amide bonds. The summed E-state index contributed by atoms with van der Waals surface area (Å²) in [6, 6.07) is 8.81. The second-order valence-corrected chi connectivity index (χ2v) is 8.85. The predicted molar refractivity (Wildman–Crippen MR) is 119 cm³/mol. The van der Waals surface area contributed by atoms with Crippen molar-refractivity contribution in [1.82, 2.24) is 4.90 Å². The minimum absolute atomic E-state index is 0. The van der Waals surface area contributed by atoms with Gasteiger partial charge in [0.05, 0.1) is 12.1 Å². The van der Waals surface area contributed by atoms with E-state index in [2.05, 4.69) is 43.2 Å². The van der Waals surface area contributed by atoms with Gasteiger partial charge in [-0.3, -0.25) is 9.79 Å². The quantitative estimate of drug-likeness (QED) is 0.733. The van der Waals surface area contributed by atoms with Crippen LogP contribution in [0.3, 0.4) is 0 Å². The normalized spacial score (nSPS) is 24.7. The van der Waals surface area contributed by atoms with Crippen LogP contribution in [0.25, 0.3) is 0 Å². The number of nitrogens with one attached hydrogen (secondary N) is 1. The first-order chi connectivity index (χ1) is 12.6. The zero-order chi connectivity index (χ0) is 18.5. The molecule has 3 rings (SSSR count). The van der Waals surface area contributed by atoms with E-state index >= 15 is 0 Å². The third-order valence-electron chi connectivity index (χ3n) is 5.54. The Morgan fingerprint density at radius 1 is 1.22 bits per heavy atom. The first-order valence-corrected chi connectivity index (χ1v) is 10.8. The number of halogens is 1. The smallest absolute Gasteiger partial charge is 0.226 e. The summed E-state index contributed by atoms with van der Waals surface area (Å²) in [6.45, 7) is 4.34. The number of amides is 1. The molecule has 0 bridgehead atoms. The Hall–Kier alpha value is -1.20. The molecule has 27 heavy (non-hydrogen) atoms. The van der Waals surface area contributed by atoms with Crippen LogP contribution in [-0.2, 0) is 11.2 Å². The van der Waals surface area contributed by atoms with Crippen LogP contribution in [0.15, 0.2) is 29.3 Å². The number of aliphatic imine (C=N–C) groups is 1. The van der Waals surface area contributed by atoms with Gasteiger partial charge in [0.15, 0.2) is 5.17 Å². The van der Waals surface area contributed by atoms with Gasteiger partial charge in [0.1, 0.15) is 0 Å². The van der Waals surface area contributed by atoms with E-state index < -0.39 is 0 Å². The van der Waals surface area contributed by atoms with E-state index in [1.165, 1.54) is 37.7 Å². The zero-order valence-corrected chi connectivity index (χ0v) is 18.2. The highest BCUT2D eigenvalue weighted by atomic mass is 35.5. The number of amidine groups is 1. The Bertz CT molecular complexity index is 643. The van der Waals surface area contributed by atoms with E-state index in [0.717, 1.165) is 17.3 Å². The molecule has 1 aliphatic carbocycles. The number of rotatable bonds is 5. The molecule has 2 aliphatic rings. The number of aryl methyl sites for hydroxylation is 1. The van der Waals surface area contributed by atoms with Crippen molar-refractivity contribution in [3.8, 4) is 0 Å². The molecule has 1 saturated carbocycles. The predicted octanol–water partition coefficient (Wildman–Crippen LogP) is 5.12. The molecule has 6 heteroatoms. The van der Waals surface area contributed by atoms with E-state index in [9.17, 15) is 4.79 Å². The highest BCUT2D eigenvalue weighted by molar-refractivity contribution is 8.14. The Morgan fingerprint density at radius 3 is 2.52 bits per heavy atom. The summed E-state index contributed by atoms with van der Waals surface area (Å²) >= 11 is 1.82. The van der Waals surface area contributed by atoms with Gasteiger partial charge in [0, 0.05) is 24.4 Å². The molecule has 2 atom stereocenters. The Kier molecular flexibility index (Phi) is 8.49. The van der Waals surface area contributed by atoms with Crippen LogP contribution >= 0.6 is 24.2 Å². The molecule has 1 saturated heterocycles. The summed E-state index contributed by atoms with van der Waals surface area (Å²) in [5.41, 5.74) is 2.16. The third-order valence-corrected chi connectivity index (χ3v) is 6.83. The summed E-state index contributed by atoms with van der Waals surface area (Å²) in [5, 5.41) is 4.55. The van der Waals surface area contributed by atoms with Crippen LogP contribution in [0.1, 0.15) is 57.9 Å². The van der Waals surface area contributed by atoms with Gasteiger partial charge in [0.2, 0.25) is 5.91 Å². The molecule has 1 aromatic carbocycles. The lowest BCUT2D eigenvalue weighted by molar-refractivity contribution is -0.117. The molecule has 2 fully saturated rings. The Labute approximate surface area is 174 Å².